The highest BCUT2D eigenvalue weighted by Gasteiger charge is 2.50. The lowest BCUT2D eigenvalue weighted by Gasteiger charge is -2.34. The molecule has 15 atom stereocenters. The van der Waals surface area contributed by atoms with Crippen molar-refractivity contribution in [2.75, 3.05) is 13.1 Å². The van der Waals surface area contributed by atoms with E-state index in [0.29, 0.717) is 11.1 Å². The van der Waals surface area contributed by atoms with Crippen molar-refractivity contribution >= 4 is 41.4 Å². The Morgan fingerprint density at radius 3 is 1.74 bits per heavy atom. The van der Waals surface area contributed by atoms with Gasteiger partial charge in [0.25, 0.3) is 5.91 Å². The van der Waals surface area contributed by atoms with Crippen LogP contribution < -0.4 is 26.6 Å². The number of hydrogen-bond donors (Lipinski definition) is 14. The molecule has 4 aromatic carbocycles. The van der Waals surface area contributed by atoms with Gasteiger partial charge in [-0.2, -0.15) is 0 Å². The molecule has 23 nitrogen and oxygen atoms in total. The lowest BCUT2D eigenvalue weighted by molar-refractivity contribution is -0.148. The lowest BCUT2D eigenvalue weighted by Crippen LogP contribution is -2.64. The summed E-state index contributed by atoms with van der Waals surface area (Å²) in [5, 5.41) is 111. The Hall–Kier alpha value is -7.79. The molecule has 3 aliphatic rings. The minimum atomic E-state index is -2.29. The van der Waals surface area contributed by atoms with Gasteiger partial charge in [0, 0.05) is 48.5 Å². The minimum absolute atomic E-state index is 0.0223. The van der Waals surface area contributed by atoms with Crippen LogP contribution in [0.2, 0.25) is 0 Å². The summed E-state index contributed by atoms with van der Waals surface area (Å²) < 4.78 is 0. The van der Waals surface area contributed by atoms with Gasteiger partial charge in [0.15, 0.2) is 6.23 Å². The smallest absolute Gasteiger partial charge is 0.251 e. The maximum atomic E-state index is 14.4. The normalized spacial score (nSPS) is 28.2. The molecule has 78 heavy (non-hydrogen) atoms. The van der Waals surface area contributed by atoms with Gasteiger partial charge in [-0.25, -0.2) is 0 Å². The number of benzene rings is 4. The number of aromatic hydroxyl groups is 1. The molecule has 3 heterocycles. The average Bonchev–Trinajstić information content (AvgIpc) is 3.99. The predicted octanol–water partition coefficient (Wildman–Crippen LogP) is -2.76. The molecule has 0 bridgehead atoms. The van der Waals surface area contributed by atoms with Crippen LogP contribution in [0.5, 0.6) is 5.75 Å². The van der Waals surface area contributed by atoms with E-state index < -0.39 is 152 Å². The Balaban J connectivity index is 1.20. The molecule has 0 unspecified atom stereocenters. The van der Waals surface area contributed by atoms with Crippen molar-refractivity contribution in [2.45, 2.75) is 119 Å². The number of nitrogens with zero attached hydrogens (tertiary/aromatic N) is 2. The van der Waals surface area contributed by atoms with Gasteiger partial charge >= 0.3 is 0 Å². The first kappa shape index (κ1) is 57.9. The van der Waals surface area contributed by atoms with Crippen molar-refractivity contribution in [1.82, 2.24) is 36.4 Å². The van der Waals surface area contributed by atoms with Gasteiger partial charge in [-0.05, 0) is 79.1 Å². The molecule has 7 rings (SSSR count). The number of carbonyl (C=O) groups excluding carboxylic acids is 7. The molecule has 0 saturated carbocycles. The van der Waals surface area contributed by atoms with Crippen molar-refractivity contribution in [3.63, 3.8) is 0 Å². The number of amides is 7. The van der Waals surface area contributed by atoms with E-state index in [-0.39, 0.29) is 23.4 Å². The fourth-order valence-corrected chi connectivity index (χ4v) is 9.49. The van der Waals surface area contributed by atoms with Crippen molar-refractivity contribution < 1.29 is 79.5 Å². The molecule has 0 spiro atoms. The maximum absolute atomic E-state index is 14.4. The fourth-order valence-electron chi connectivity index (χ4n) is 9.49. The second kappa shape index (κ2) is 25.1. The summed E-state index contributed by atoms with van der Waals surface area (Å²) >= 11 is 0. The van der Waals surface area contributed by atoms with E-state index in [2.05, 4.69) is 38.4 Å². The van der Waals surface area contributed by atoms with Gasteiger partial charge in [-0.15, -0.1) is 0 Å². The third-order valence-corrected chi connectivity index (χ3v) is 14.0. The molecule has 7 amide bonds. The van der Waals surface area contributed by atoms with Crippen LogP contribution in [0, 0.1) is 17.8 Å². The minimum Gasteiger partial charge on any atom is -0.508 e. The van der Waals surface area contributed by atoms with E-state index in [0.717, 1.165) is 46.9 Å². The maximum Gasteiger partial charge on any atom is 0.251 e. The monoisotopic (exact) mass is 1080 g/mol. The number of aliphatic hydroxyl groups is 8. The zero-order valence-electron chi connectivity index (χ0n) is 42.6. The lowest BCUT2D eigenvalue weighted by atomic mass is 9.96. The number of phenols is 1. The van der Waals surface area contributed by atoms with E-state index in [1.807, 2.05) is 54.6 Å². The van der Waals surface area contributed by atoms with Crippen LogP contribution in [0.15, 0.2) is 103 Å². The molecular weight excluding hydrogens is 1010 g/mol. The summed E-state index contributed by atoms with van der Waals surface area (Å²) in [4.78, 5) is 101. The highest BCUT2D eigenvalue weighted by atomic mass is 16.3. The van der Waals surface area contributed by atoms with E-state index in [1.54, 1.807) is 0 Å². The molecule has 3 saturated heterocycles. The number of fused-ring (bicyclic) bond motifs is 2. The Morgan fingerprint density at radius 1 is 0.615 bits per heavy atom. The van der Waals surface area contributed by atoms with E-state index in [9.17, 15) is 79.5 Å². The fraction of sp³-hybridized carbons (Fsp3) is 0.400. The number of nitrogens with one attached hydrogen (secondary N) is 5. The summed E-state index contributed by atoms with van der Waals surface area (Å²) in [5.74, 6) is -3.43. The van der Waals surface area contributed by atoms with Gasteiger partial charge in [0.1, 0.15) is 60.3 Å². The Labute approximate surface area is 447 Å². The van der Waals surface area contributed by atoms with Crippen molar-refractivity contribution in [3.8, 4) is 28.7 Å². The quantitative estimate of drug-likeness (QED) is 0.0795. The van der Waals surface area contributed by atoms with E-state index >= 15 is 0 Å². The Bertz CT molecular complexity index is 2880. The standard InChI is InChI=1S/C55H63N7O16/c1-27-25-62-44(45(27)68)53(76)60-51(74)40(67)24-38(56-48(71)35-17-13-31(14-18-35)10-9-30-11-15-33(16-12-30)32-7-5-4-6-8-32)49(72)57-41(28(2)63)54(77)61-26-37(66)23-39(61)50(73)59-43(52(75)58-42(29(3)64)55(62)78)47(70)46(69)34-19-21-36(65)22-20-34/h4-8,11-22,27-29,37-47,51,63-70,74H,23-26H2,1-3H3,(H,56,71)(H,57,72)(H,58,75)(H,59,73)(H,60,76)/t27-,28+,29+,37+,38-,39-,40+,41-,42-,43-,44-,45-,46-,47-,51+/m0/s1. The summed E-state index contributed by atoms with van der Waals surface area (Å²) in [6, 6.07) is 16.2. The van der Waals surface area contributed by atoms with Crippen LogP contribution in [0.1, 0.15) is 66.8 Å². The van der Waals surface area contributed by atoms with Crippen molar-refractivity contribution in [2.24, 2.45) is 5.92 Å². The average molecular weight is 1080 g/mol. The van der Waals surface area contributed by atoms with Gasteiger partial charge in [-0.1, -0.05) is 73.4 Å². The highest BCUT2D eigenvalue weighted by molar-refractivity contribution is 6.00. The van der Waals surface area contributed by atoms with E-state index in [4.69, 9.17) is 0 Å². The molecule has 23 heteroatoms. The van der Waals surface area contributed by atoms with E-state index in [1.165, 1.54) is 43.3 Å². The van der Waals surface area contributed by atoms with Crippen molar-refractivity contribution in [3.05, 3.63) is 125 Å². The third-order valence-electron chi connectivity index (χ3n) is 14.0. The van der Waals surface area contributed by atoms with Gasteiger partial charge in [0.2, 0.25) is 35.4 Å². The third kappa shape index (κ3) is 13.5. The highest BCUT2D eigenvalue weighted by Crippen LogP contribution is 2.28. The zero-order chi connectivity index (χ0) is 56.7. The molecule has 0 radical (unpaired) electrons. The largest absolute Gasteiger partial charge is 0.508 e. The first-order chi connectivity index (χ1) is 37.0. The number of carbonyl (C=O) groups is 7. The van der Waals surface area contributed by atoms with Gasteiger partial charge in [0.05, 0.1) is 24.4 Å². The van der Waals surface area contributed by atoms with Crippen LogP contribution in [0.3, 0.4) is 0 Å². The van der Waals surface area contributed by atoms with Crippen LogP contribution in [-0.2, 0) is 28.8 Å². The first-order valence-corrected chi connectivity index (χ1v) is 25.2. The molecule has 0 aromatic heterocycles. The number of hydrogen-bond acceptors (Lipinski definition) is 16. The molecule has 3 aliphatic heterocycles. The predicted molar refractivity (Wildman–Crippen MR) is 275 cm³/mol. The molecule has 14 N–H and O–H groups in total. The molecule has 4 aromatic rings. The second-order valence-electron chi connectivity index (χ2n) is 19.8. The summed E-state index contributed by atoms with van der Waals surface area (Å²) in [6.45, 7) is 2.68. The van der Waals surface area contributed by atoms with Crippen molar-refractivity contribution in [1.29, 1.82) is 0 Å². The van der Waals surface area contributed by atoms with Crippen LogP contribution in [0.4, 0.5) is 0 Å². The SMILES string of the molecule is C[C@@H](O)[C@@H]1NC(=O)[C@H]([C@H](O)[C@@H](O)c2ccc(O)cc2)NC(=O)[C@@H]2C[C@@H](O)CN2C(=O)[C@H]([C@@H](C)O)NC(=O)[C@@H](NC(=O)c2ccc(C#Cc3ccc(-c4ccccc4)cc3)cc2)C[C@@H](O)[C@@H](O)NC(=O)[C@@H]2[C@@H](O)[C@@H](C)CN2C1=O. The van der Waals surface area contributed by atoms with Crippen LogP contribution in [-0.4, -0.2) is 189 Å². The van der Waals surface area contributed by atoms with Crippen LogP contribution in [0.25, 0.3) is 11.1 Å². The Morgan fingerprint density at radius 2 is 1.15 bits per heavy atom. The second-order valence-corrected chi connectivity index (χ2v) is 19.8. The summed E-state index contributed by atoms with van der Waals surface area (Å²) in [6.07, 6.45) is -16.8. The van der Waals surface area contributed by atoms with Gasteiger partial charge < -0.3 is 82.3 Å². The Kier molecular flexibility index (Phi) is 18.7. The number of rotatable bonds is 8. The zero-order valence-corrected chi connectivity index (χ0v) is 42.6. The van der Waals surface area contributed by atoms with Gasteiger partial charge in [-0.3, -0.25) is 33.6 Å². The summed E-state index contributed by atoms with van der Waals surface area (Å²) in [7, 11) is 0. The number of aliphatic hydroxyl groups excluding tert-OH is 8. The number of phenolic OH excluding ortho intramolecular Hbond substituents is 1. The molecule has 0 aliphatic carbocycles. The molecular formula is C55H63N7O16. The first-order valence-electron chi connectivity index (χ1n) is 25.2. The summed E-state index contributed by atoms with van der Waals surface area (Å²) in [5.41, 5.74) is 3.16. The topological polar surface area (TPSA) is 368 Å². The van der Waals surface area contributed by atoms with Crippen LogP contribution >= 0.6 is 0 Å². The molecule has 414 valence electrons. The molecule has 3 fully saturated rings.